The SMILES string of the molecule is N#Cc1cccc(NCCc2ncon2)c1N. The lowest BCUT2D eigenvalue weighted by atomic mass is 10.1. The number of rotatable bonds is 4. The summed E-state index contributed by atoms with van der Waals surface area (Å²) in [6, 6.07) is 7.32. The van der Waals surface area contributed by atoms with E-state index in [0.29, 0.717) is 30.0 Å². The minimum absolute atomic E-state index is 0.461. The summed E-state index contributed by atoms with van der Waals surface area (Å²) < 4.78 is 4.62. The van der Waals surface area contributed by atoms with Crippen molar-refractivity contribution in [1.29, 1.82) is 5.26 Å². The van der Waals surface area contributed by atoms with Crippen LogP contribution < -0.4 is 11.1 Å². The maximum atomic E-state index is 8.83. The van der Waals surface area contributed by atoms with Gasteiger partial charge >= 0.3 is 0 Å². The molecule has 0 fully saturated rings. The molecule has 0 atom stereocenters. The Labute approximate surface area is 98.1 Å². The predicted octanol–water partition coefficient (Wildman–Crippen LogP) is 1.18. The van der Waals surface area contributed by atoms with Gasteiger partial charge in [-0.3, -0.25) is 0 Å². The Morgan fingerprint density at radius 2 is 2.35 bits per heavy atom. The first-order valence-electron chi connectivity index (χ1n) is 5.09. The smallest absolute Gasteiger partial charge is 0.213 e. The zero-order chi connectivity index (χ0) is 12.1. The van der Waals surface area contributed by atoms with Gasteiger partial charge in [-0.25, -0.2) is 0 Å². The van der Waals surface area contributed by atoms with Crippen molar-refractivity contribution in [3.63, 3.8) is 0 Å². The van der Waals surface area contributed by atoms with Crippen LogP contribution in [0.1, 0.15) is 11.4 Å². The van der Waals surface area contributed by atoms with Gasteiger partial charge in [0.25, 0.3) is 0 Å². The van der Waals surface area contributed by atoms with Gasteiger partial charge in [0.15, 0.2) is 5.82 Å². The Balaban J connectivity index is 1.98. The van der Waals surface area contributed by atoms with Gasteiger partial charge in [-0.2, -0.15) is 10.2 Å². The van der Waals surface area contributed by atoms with E-state index in [-0.39, 0.29) is 0 Å². The highest BCUT2D eigenvalue weighted by molar-refractivity contribution is 5.72. The molecule has 6 nitrogen and oxygen atoms in total. The summed E-state index contributed by atoms with van der Waals surface area (Å²) in [5, 5.41) is 15.7. The predicted molar refractivity (Wildman–Crippen MR) is 62.1 cm³/mol. The summed E-state index contributed by atoms with van der Waals surface area (Å²) in [5.74, 6) is 0.632. The molecule has 2 aromatic rings. The fraction of sp³-hybridized carbons (Fsp3) is 0.182. The van der Waals surface area contributed by atoms with Crippen molar-refractivity contribution in [3.05, 3.63) is 36.0 Å². The van der Waals surface area contributed by atoms with E-state index in [1.807, 2.05) is 12.1 Å². The highest BCUT2D eigenvalue weighted by atomic mass is 16.5. The first-order valence-corrected chi connectivity index (χ1v) is 5.09. The summed E-state index contributed by atoms with van der Waals surface area (Å²) in [4.78, 5) is 3.90. The molecule has 2 rings (SSSR count). The fourth-order valence-electron chi connectivity index (χ4n) is 1.43. The van der Waals surface area contributed by atoms with Gasteiger partial charge in [-0.1, -0.05) is 11.2 Å². The Morgan fingerprint density at radius 3 is 3.06 bits per heavy atom. The molecule has 1 heterocycles. The maximum Gasteiger partial charge on any atom is 0.213 e. The molecule has 1 aromatic heterocycles. The molecule has 0 spiro atoms. The minimum atomic E-state index is 0.461. The molecule has 3 N–H and O–H groups in total. The number of hydrogen-bond acceptors (Lipinski definition) is 6. The Kier molecular flexibility index (Phi) is 3.21. The summed E-state index contributed by atoms with van der Waals surface area (Å²) in [6.07, 6.45) is 1.92. The van der Waals surface area contributed by atoms with Crippen LogP contribution >= 0.6 is 0 Å². The van der Waals surface area contributed by atoms with Crippen LogP contribution in [-0.2, 0) is 6.42 Å². The molecule has 0 unspecified atom stereocenters. The van der Waals surface area contributed by atoms with Gasteiger partial charge in [0.05, 0.1) is 16.9 Å². The molecule has 0 amide bonds. The molecule has 17 heavy (non-hydrogen) atoms. The third kappa shape index (κ3) is 2.52. The second-order valence-electron chi connectivity index (χ2n) is 3.40. The van der Waals surface area contributed by atoms with Crippen molar-refractivity contribution < 1.29 is 4.52 Å². The number of nitriles is 1. The molecular formula is C11H11N5O. The number of nitrogens with one attached hydrogen (secondary N) is 1. The zero-order valence-corrected chi connectivity index (χ0v) is 9.05. The van der Waals surface area contributed by atoms with Crippen LogP contribution in [0.25, 0.3) is 0 Å². The molecule has 0 bridgehead atoms. The average molecular weight is 229 g/mol. The van der Waals surface area contributed by atoms with Crippen LogP contribution in [0.3, 0.4) is 0 Å². The van der Waals surface area contributed by atoms with E-state index < -0.39 is 0 Å². The van der Waals surface area contributed by atoms with Crippen molar-refractivity contribution in [2.45, 2.75) is 6.42 Å². The lowest BCUT2D eigenvalue weighted by Crippen LogP contribution is -2.08. The van der Waals surface area contributed by atoms with Gasteiger partial charge in [0, 0.05) is 13.0 Å². The second-order valence-corrected chi connectivity index (χ2v) is 3.40. The van der Waals surface area contributed by atoms with Gasteiger partial charge < -0.3 is 15.6 Å². The topological polar surface area (TPSA) is 101 Å². The monoisotopic (exact) mass is 229 g/mol. The molecule has 0 aliphatic carbocycles. The summed E-state index contributed by atoms with van der Waals surface area (Å²) >= 11 is 0. The molecule has 0 saturated carbocycles. The number of anilines is 2. The molecule has 0 aliphatic heterocycles. The first kappa shape index (κ1) is 11.0. The van der Waals surface area contributed by atoms with Gasteiger partial charge in [-0.15, -0.1) is 0 Å². The lowest BCUT2D eigenvalue weighted by molar-refractivity contribution is 0.410. The lowest BCUT2D eigenvalue weighted by Gasteiger charge is -2.08. The normalized spacial score (nSPS) is 9.82. The highest BCUT2D eigenvalue weighted by Gasteiger charge is 2.04. The molecule has 0 aliphatic rings. The molecule has 0 radical (unpaired) electrons. The molecule has 86 valence electrons. The van der Waals surface area contributed by atoms with E-state index in [1.165, 1.54) is 6.39 Å². The number of aromatic nitrogens is 2. The third-order valence-corrected chi connectivity index (χ3v) is 2.30. The van der Waals surface area contributed by atoms with Gasteiger partial charge in [0.1, 0.15) is 6.07 Å². The van der Waals surface area contributed by atoms with E-state index in [9.17, 15) is 0 Å². The quantitative estimate of drug-likeness (QED) is 0.763. The van der Waals surface area contributed by atoms with Crippen LogP contribution in [-0.4, -0.2) is 16.7 Å². The number of nitrogen functional groups attached to an aromatic ring is 1. The molecule has 1 aromatic carbocycles. The van der Waals surface area contributed by atoms with E-state index in [0.717, 1.165) is 5.69 Å². The number of hydrogen-bond donors (Lipinski definition) is 2. The summed E-state index contributed by atoms with van der Waals surface area (Å²) in [5.41, 5.74) is 7.49. The van der Waals surface area contributed by atoms with Crippen molar-refractivity contribution in [3.8, 4) is 6.07 Å². The number of nitrogens with two attached hydrogens (primary N) is 1. The second kappa shape index (κ2) is 4.99. The molecule has 0 saturated heterocycles. The number of para-hydroxylation sites is 1. The van der Waals surface area contributed by atoms with Crippen LogP contribution in [0, 0.1) is 11.3 Å². The summed E-state index contributed by atoms with van der Waals surface area (Å²) in [6.45, 7) is 0.624. The first-order chi connectivity index (χ1) is 8.31. The van der Waals surface area contributed by atoms with Crippen molar-refractivity contribution in [2.75, 3.05) is 17.6 Å². The van der Waals surface area contributed by atoms with Crippen molar-refractivity contribution in [2.24, 2.45) is 0 Å². The number of benzene rings is 1. The summed E-state index contributed by atoms with van der Waals surface area (Å²) in [7, 11) is 0. The van der Waals surface area contributed by atoms with Gasteiger partial charge in [-0.05, 0) is 12.1 Å². The van der Waals surface area contributed by atoms with Crippen molar-refractivity contribution >= 4 is 11.4 Å². The average Bonchev–Trinajstić information content (AvgIpc) is 2.84. The van der Waals surface area contributed by atoms with Crippen molar-refractivity contribution in [1.82, 2.24) is 10.1 Å². The maximum absolute atomic E-state index is 8.83. The Bertz CT molecular complexity index is 529. The third-order valence-electron chi connectivity index (χ3n) is 2.30. The van der Waals surface area contributed by atoms with E-state index in [2.05, 4.69) is 20.0 Å². The van der Waals surface area contributed by atoms with Crippen LogP contribution in [0.2, 0.25) is 0 Å². The van der Waals surface area contributed by atoms with E-state index in [1.54, 1.807) is 12.1 Å². The standard InChI is InChI=1S/C11H11N5O/c12-6-8-2-1-3-9(11(8)13)14-5-4-10-15-7-17-16-10/h1-3,7,14H,4-5,13H2. The van der Waals surface area contributed by atoms with Crippen LogP contribution in [0.5, 0.6) is 0 Å². The van der Waals surface area contributed by atoms with E-state index >= 15 is 0 Å². The highest BCUT2D eigenvalue weighted by Crippen LogP contribution is 2.21. The van der Waals surface area contributed by atoms with Crippen LogP contribution in [0.4, 0.5) is 11.4 Å². The molecule has 6 heteroatoms. The van der Waals surface area contributed by atoms with E-state index in [4.69, 9.17) is 11.0 Å². The van der Waals surface area contributed by atoms with Gasteiger partial charge in [0.2, 0.25) is 6.39 Å². The minimum Gasteiger partial charge on any atom is -0.396 e. The van der Waals surface area contributed by atoms with Crippen LogP contribution in [0.15, 0.2) is 29.1 Å². The zero-order valence-electron chi connectivity index (χ0n) is 9.05. The number of nitrogens with zero attached hydrogens (tertiary/aromatic N) is 3. The molecular weight excluding hydrogens is 218 g/mol. The Hall–Kier alpha value is -2.55. The largest absolute Gasteiger partial charge is 0.396 e. The Morgan fingerprint density at radius 1 is 1.47 bits per heavy atom. The fourth-order valence-corrected chi connectivity index (χ4v) is 1.43.